The van der Waals surface area contributed by atoms with Crippen molar-refractivity contribution in [2.24, 2.45) is 0 Å². The van der Waals surface area contributed by atoms with E-state index < -0.39 is 29.5 Å². The van der Waals surface area contributed by atoms with Crippen molar-refractivity contribution in [3.8, 4) is 17.1 Å². The normalized spacial score (nSPS) is 15.3. The van der Waals surface area contributed by atoms with Gasteiger partial charge in [0.2, 0.25) is 5.88 Å². The molecule has 0 aliphatic carbocycles. The number of carbonyl (C=O) groups excluding carboxylic acids is 1. The highest BCUT2D eigenvalue weighted by molar-refractivity contribution is 5.92. The van der Waals surface area contributed by atoms with E-state index in [1.54, 1.807) is 27.7 Å². The van der Waals surface area contributed by atoms with Gasteiger partial charge in [-0.2, -0.15) is 0 Å². The Morgan fingerprint density at radius 3 is 2.54 bits per heavy atom. The molecular weight excluding hydrogens is 629 g/mol. The highest BCUT2D eigenvalue weighted by Crippen LogP contribution is 2.30. The summed E-state index contributed by atoms with van der Waals surface area (Å²) in [6, 6.07) is 14.9. The van der Waals surface area contributed by atoms with Gasteiger partial charge in [0.1, 0.15) is 29.6 Å². The quantitative estimate of drug-likeness (QED) is 0.198. The van der Waals surface area contributed by atoms with Gasteiger partial charge < -0.3 is 23.9 Å². The summed E-state index contributed by atoms with van der Waals surface area (Å²) in [6.07, 6.45) is -0.0217. The Balaban J connectivity index is 1.11. The number of hydrogen-bond donors (Lipinski definition) is 1. The largest absolute Gasteiger partial charge is 0.478 e. The van der Waals surface area contributed by atoms with E-state index in [1.807, 2.05) is 18.2 Å². The predicted molar refractivity (Wildman–Crippen MR) is 166 cm³/mol. The predicted octanol–water partition coefficient (Wildman–Crippen LogP) is 6.25. The molecule has 0 radical (unpaired) electrons. The van der Waals surface area contributed by atoms with Crippen LogP contribution in [0.5, 0.6) is 5.88 Å². The van der Waals surface area contributed by atoms with Crippen LogP contribution in [0.25, 0.3) is 22.3 Å². The molecule has 0 saturated carbocycles. The minimum Gasteiger partial charge on any atom is -0.478 e. The molecule has 2 aliphatic rings. The SMILES string of the molecule is COC(=O)N1Cc2ccc(COc3cccc(-c4cc(F)c(Cc5nc6c(F)cc(C(=O)O)cc6n5C[C@@H]5CCO5)cc4F)n3)cc2C1. The molecule has 5 aromatic rings. The number of carboxylic acids is 1. The smallest absolute Gasteiger partial charge is 0.410 e. The number of carbonyl (C=O) groups is 2. The summed E-state index contributed by atoms with van der Waals surface area (Å²) in [4.78, 5) is 33.8. The molecule has 48 heavy (non-hydrogen) atoms. The summed E-state index contributed by atoms with van der Waals surface area (Å²) < 4.78 is 63.9. The molecule has 7 rings (SSSR count). The molecule has 0 unspecified atom stereocenters. The van der Waals surface area contributed by atoms with Gasteiger partial charge in [0, 0.05) is 37.7 Å². The van der Waals surface area contributed by atoms with Crippen LogP contribution >= 0.6 is 0 Å². The molecule has 1 saturated heterocycles. The number of fused-ring (bicyclic) bond motifs is 2. The fourth-order valence-electron chi connectivity index (χ4n) is 6.01. The Morgan fingerprint density at radius 1 is 0.979 bits per heavy atom. The topological polar surface area (TPSA) is 116 Å². The number of pyridine rings is 1. The summed E-state index contributed by atoms with van der Waals surface area (Å²) in [5.41, 5.74) is 2.86. The molecule has 3 aromatic carbocycles. The lowest BCUT2D eigenvalue weighted by molar-refractivity contribution is -0.0589. The molecule has 246 valence electrons. The first-order valence-corrected chi connectivity index (χ1v) is 15.2. The molecule has 13 heteroatoms. The van der Waals surface area contributed by atoms with E-state index in [-0.39, 0.29) is 70.8 Å². The minimum absolute atomic E-state index is 0.0176. The van der Waals surface area contributed by atoms with Gasteiger partial charge in [0.25, 0.3) is 0 Å². The van der Waals surface area contributed by atoms with Crippen LogP contribution in [-0.2, 0) is 42.1 Å². The Bertz CT molecular complexity index is 2080. The van der Waals surface area contributed by atoms with Crippen molar-refractivity contribution in [2.45, 2.75) is 45.2 Å². The summed E-state index contributed by atoms with van der Waals surface area (Å²) in [5, 5.41) is 9.45. The van der Waals surface area contributed by atoms with Gasteiger partial charge in [-0.25, -0.2) is 32.7 Å². The Labute approximate surface area is 272 Å². The molecule has 1 N–H and O–H groups in total. The molecule has 2 aliphatic heterocycles. The number of carboxylic acid groups (broad SMARTS) is 1. The molecule has 1 fully saturated rings. The third-order valence-corrected chi connectivity index (χ3v) is 8.61. The van der Waals surface area contributed by atoms with E-state index in [0.717, 1.165) is 41.3 Å². The second-order valence-corrected chi connectivity index (χ2v) is 11.7. The molecule has 10 nitrogen and oxygen atoms in total. The lowest BCUT2D eigenvalue weighted by atomic mass is 10.0. The van der Waals surface area contributed by atoms with E-state index >= 15 is 8.78 Å². The summed E-state index contributed by atoms with van der Waals surface area (Å²) in [5.74, 6) is -3.11. The third-order valence-electron chi connectivity index (χ3n) is 8.61. The van der Waals surface area contributed by atoms with Crippen molar-refractivity contribution < 1.29 is 42.1 Å². The van der Waals surface area contributed by atoms with Gasteiger partial charge in [0.15, 0.2) is 5.82 Å². The maximum atomic E-state index is 15.6. The van der Waals surface area contributed by atoms with Crippen LogP contribution in [0.15, 0.2) is 60.7 Å². The third kappa shape index (κ3) is 6.04. The number of benzene rings is 3. The molecular formula is C35H29F3N4O6. The molecule has 0 bridgehead atoms. The molecule has 1 atom stereocenters. The summed E-state index contributed by atoms with van der Waals surface area (Å²) in [7, 11) is 1.34. The number of rotatable bonds is 9. The zero-order chi connectivity index (χ0) is 33.5. The van der Waals surface area contributed by atoms with Crippen LogP contribution in [0.4, 0.5) is 18.0 Å². The molecule has 0 spiro atoms. The van der Waals surface area contributed by atoms with Gasteiger partial charge in [-0.1, -0.05) is 24.3 Å². The number of nitrogens with zero attached hydrogens (tertiary/aromatic N) is 4. The van der Waals surface area contributed by atoms with Crippen molar-refractivity contribution in [3.05, 3.63) is 112 Å². The van der Waals surface area contributed by atoms with E-state index in [4.69, 9.17) is 14.2 Å². The lowest BCUT2D eigenvalue weighted by Crippen LogP contribution is -2.31. The standard InChI is InChI=1S/C35H29F3N4O6/c1-46-35(45)41-15-20-6-5-19(9-23(20)16-41)18-48-32-4-2-3-29(39-32)25-14-26(36)21(10-27(25)37)13-31-40-33-28(38)11-22(34(43)44)12-30(33)42(31)17-24-7-8-47-24/h2-6,9-12,14,24H,7-8,13,15-18H2,1H3,(H,43,44)/t24-/m0/s1. The first-order chi connectivity index (χ1) is 23.2. The van der Waals surface area contributed by atoms with Crippen LogP contribution < -0.4 is 4.74 Å². The number of amides is 1. The van der Waals surface area contributed by atoms with Crippen molar-refractivity contribution in [1.82, 2.24) is 19.4 Å². The van der Waals surface area contributed by atoms with E-state index in [2.05, 4.69) is 9.97 Å². The van der Waals surface area contributed by atoms with Gasteiger partial charge in [-0.05, 0) is 59.0 Å². The number of methoxy groups -OCH3 is 1. The average Bonchev–Trinajstić information content (AvgIpc) is 3.64. The molecule has 4 heterocycles. The van der Waals surface area contributed by atoms with E-state index in [0.29, 0.717) is 19.7 Å². The monoisotopic (exact) mass is 658 g/mol. The summed E-state index contributed by atoms with van der Waals surface area (Å²) >= 11 is 0. The first-order valence-electron chi connectivity index (χ1n) is 15.2. The molecule has 1 amide bonds. The van der Waals surface area contributed by atoms with Gasteiger partial charge in [0.05, 0.1) is 36.5 Å². The van der Waals surface area contributed by atoms with Crippen LogP contribution in [0, 0.1) is 17.5 Å². The fraction of sp³-hybridized carbons (Fsp3) is 0.257. The second-order valence-electron chi connectivity index (χ2n) is 11.7. The minimum atomic E-state index is -1.30. The van der Waals surface area contributed by atoms with Crippen LogP contribution in [0.2, 0.25) is 0 Å². The van der Waals surface area contributed by atoms with Gasteiger partial charge >= 0.3 is 12.1 Å². The number of hydrogen-bond acceptors (Lipinski definition) is 7. The number of imidazole rings is 1. The van der Waals surface area contributed by atoms with Gasteiger partial charge in [-0.3, -0.25) is 4.90 Å². The number of aromatic carboxylic acids is 1. The maximum absolute atomic E-state index is 15.6. The second kappa shape index (κ2) is 12.6. The van der Waals surface area contributed by atoms with Crippen molar-refractivity contribution in [2.75, 3.05) is 13.7 Å². The van der Waals surface area contributed by atoms with Crippen molar-refractivity contribution in [1.29, 1.82) is 0 Å². The highest BCUT2D eigenvalue weighted by atomic mass is 19.1. The molecule has 2 aromatic heterocycles. The fourth-order valence-corrected chi connectivity index (χ4v) is 6.01. The zero-order valence-electron chi connectivity index (χ0n) is 25.7. The van der Waals surface area contributed by atoms with E-state index in [1.165, 1.54) is 13.2 Å². The number of halogens is 3. The van der Waals surface area contributed by atoms with Crippen LogP contribution in [-0.4, -0.2) is 56.4 Å². The van der Waals surface area contributed by atoms with Crippen LogP contribution in [0.1, 0.15) is 44.9 Å². The highest BCUT2D eigenvalue weighted by Gasteiger charge is 2.26. The first kappa shape index (κ1) is 31.2. The van der Waals surface area contributed by atoms with E-state index in [9.17, 15) is 19.1 Å². The summed E-state index contributed by atoms with van der Waals surface area (Å²) in [6.45, 7) is 1.88. The zero-order valence-corrected chi connectivity index (χ0v) is 25.7. The Kier molecular flexibility index (Phi) is 8.21. The lowest BCUT2D eigenvalue weighted by Gasteiger charge is -2.27. The number of aromatic nitrogens is 3. The van der Waals surface area contributed by atoms with Crippen LogP contribution in [0.3, 0.4) is 0 Å². The number of ether oxygens (including phenoxy) is 3. The maximum Gasteiger partial charge on any atom is 0.410 e. The Hall–Kier alpha value is -5.43. The Morgan fingerprint density at radius 2 is 1.79 bits per heavy atom. The van der Waals surface area contributed by atoms with Gasteiger partial charge in [-0.15, -0.1) is 0 Å². The van der Waals surface area contributed by atoms with Crippen molar-refractivity contribution >= 4 is 23.1 Å². The average molecular weight is 659 g/mol. The van der Waals surface area contributed by atoms with Crippen molar-refractivity contribution in [3.63, 3.8) is 0 Å².